The van der Waals surface area contributed by atoms with E-state index >= 15 is 0 Å². The van der Waals surface area contributed by atoms with Gasteiger partial charge in [0.15, 0.2) is 0 Å². The summed E-state index contributed by atoms with van der Waals surface area (Å²) in [4.78, 5) is 26.5. The van der Waals surface area contributed by atoms with Crippen LogP contribution in [0.25, 0.3) is 6.08 Å². The van der Waals surface area contributed by atoms with Crippen LogP contribution >= 0.6 is 39.3 Å². The number of hydrogen-bond donors (Lipinski definition) is 0. The molecule has 3 rings (SSSR count). The minimum absolute atomic E-state index is 0.249. The zero-order valence-electron chi connectivity index (χ0n) is 13.9. The highest BCUT2D eigenvalue weighted by atomic mass is 79.9. The summed E-state index contributed by atoms with van der Waals surface area (Å²) in [6, 6.07) is 12.8. The van der Waals surface area contributed by atoms with Crippen molar-refractivity contribution >= 4 is 56.5 Å². The minimum Gasteiger partial charge on any atom is -0.492 e. The molecule has 2 aromatic rings. The lowest BCUT2D eigenvalue weighted by molar-refractivity contribution is -0.123. The maximum atomic E-state index is 12.6. The highest BCUT2D eigenvalue weighted by Crippen LogP contribution is 2.34. The van der Waals surface area contributed by atoms with E-state index in [-0.39, 0.29) is 17.7 Å². The van der Waals surface area contributed by atoms with Gasteiger partial charge >= 0.3 is 0 Å². The van der Waals surface area contributed by atoms with E-state index < -0.39 is 0 Å². The Morgan fingerprint density at radius 3 is 2.58 bits per heavy atom. The molecule has 0 spiro atoms. The third-order valence-corrected chi connectivity index (χ3v) is 5.41. The second kappa shape index (κ2) is 8.29. The van der Waals surface area contributed by atoms with E-state index in [9.17, 15) is 9.59 Å². The SMILES string of the molecule is CCOc1ccc(/C=C2\SC(=O)N(Cc3ccc(Br)cc3)C2=O)cc1Cl. The molecule has 4 nitrogen and oxygen atoms in total. The summed E-state index contributed by atoms with van der Waals surface area (Å²) < 4.78 is 6.35. The monoisotopic (exact) mass is 451 g/mol. The van der Waals surface area contributed by atoms with Gasteiger partial charge in [-0.25, -0.2) is 0 Å². The van der Waals surface area contributed by atoms with E-state index in [1.165, 1.54) is 4.90 Å². The third kappa shape index (κ3) is 4.31. The number of thioether (sulfide) groups is 1. The molecule has 0 N–H and O–H groups in total. The molecule has 0 unspecified atom stereocenters. The van der Waals surface area contributed by atoms with Crippen molar-refractivity contribution in [2.24, 2.45) is 0 Å². The Labute approximate surface area is 169 Å². The number of benzene rings is 2. The summed E-state index contributed by atoms with van der Waals surface area (Å²) in [6.45, 7) is 2.65. The fourth-order valence-electron chi connectivity index (χ4n) is 2.44. The van der Waals surface area contributed by atoms with Crippen molar-refractivity contribution < 1.29 is 14.3 Å². The maximum absolute atomic E-state index is 12.6. The summed E-state index contributed by atoms with van der Waals surface area (Å²) in [5.74, 6) is 0.294. The Morgan fingerprint density at radius 2 is 1.92 bits per heavy atom. The quantitative estimate of drug-likeness (QED) is 0.543. The topological polar surface area (TPSA) is 46.6 Å². The second-order valence-corrected chi connectivity index (χ2v) is 7.83. The Balaban J connectivity index is 1.78. The van der Waals surface area contributed by atoms with Crippen LogP contribution in [0.2, 0.25) is 5.02 Å². The first-order valence-corrected chi connectivity index (χ1v) is 9.89. The Bertz CT molecular complexity index is 883. The van der Waals surface area contributed by atoms with Crippen LogP contribution < -0.4 is 4.74 Å². The molecule has 1 saturated heterocycles. The molecule has 0 saturated carbocycles. The number of amides is 2. The van der Waals surface area contributed by atoms with Gasteiger partial charge in [-0.15, -0.1) is 0 Å². The smallest absolute Gasteiger partial charge is 0.293 e. The molecule has 2 amide bonds. The number of rotatable bonds is 5. The zero-order chi connectivity index (χ0) is 18.7. The molecule has 134 valence electrons. The standard InChI is InChI=1S/C19H15BrClNO3S/c1-2-25-16-8-5-13(9-15(16)21)10-17-18(23)22(19(24)26-17)11-12-3-6-14(20)7-4-12/h3-10H,2,11H2,1H3/b17-10-. The Morgan fingerprint density at radius 1 is 1.19 bits per heavy atom. The average molecular weight is 453 g/mol. The summed E-state index contributed by atoms with van der Waals surface area (Å²) in [6.07, 6.45) is 1.67. The summed E-state index contributed by atoms with van der Waals surface area (Å²) >= 11 is 10.5. The number of nitrogens with zero attached hydrogens (tertiary/aromatic N) is 1. The molecule has 0 atom stereocenters. The minimum atomic E-state index is -0.298. The normalized spacial score (nSPS) is 15.8. The number of ether oxygens (including phenoxy) is 1. The molecule has 2 aromatic carbocycles. The first-order chi connectivity index (χ1) is 12.5. The highest BCUT2D eigenvalue weighted by molar-refractivity contribution is 9.10. The molecule has 1 heterocycles. The molecular formula is C19H15BrClNO3S. The van der Waals surface area contributed by atoms with Crippen LogP contribution in [0.15, 0.2) is 51.8 Å². The van der Waals surface area contributed by atoms with Gasteiger partial charge in [-0.05, 0) is 60.2 Å². The van der Waals surface area contributed by atoms with Crippen molar-refractivity contribution in [2.75, 3.05) is 6.61 Å². The van der Waals surface area contributed by atoms with E-state index in [0.717, 1.165) is 27.4 Å². The van der Waals surface area contributed by atoms with Crippen LogP contribution in [0.4, 0.5) is 4.79 Å². The summed E-state index contributed by atoms with van der Waals surface area (Å²) in [5.41, 5.74) is 1.63. The van der Waals surface area contributed by atoms with Crippen LogP contribution in [0, 0.1) is 0 Å². The number of imide groups is 1. The fourth-order valence-corrected chi connectivity index (χ4v) is 3.79. The predicted octanol–water partition coefficient (Wildman–Crippen LogP) is 5.74. The van der Waals surface area contributed by atoms with E-state index in [1.54, 1.807) is 24.3 Å². The van der Waals surface area contributed by atoms with Gasteiger partial charge in [-0.3, -0.25) is 14.5 Å². The van der Waals surface area contributed by atoms with E-state index in [0.29, 0.717) is 22.3 Å². The molecule has 1 fully saturated rings. The van der Waals surface area contributed by atoms with E-state index in [4.69, 9.17) is 16.3 Å². The maximum Gasteiger partial charge on any atom is 0.293 e. The van der Waals surface area contributed by atoms with Crippen LogP contribution in [-0.2, 0) is 11.3 Å². The predicted molar refractivity (Wildman–Crippen MR) is 108 cm³/mol. The van der Waals surface area contributed by atoms with Crippen molar-refractivity contribution in [3.63, 3.8) is 0 Å². The molecule has 0 aromatic heterocycles. The van der Waals surface area contributed by atoms with Crippen molar-refractivity contribution in [3.8, 4) is 5.75 Å². The lowest BCUT2D eigenvalue weighted by Crippen LogP contribution is -2.27. The van der Waals surface area contributed by atoms with Gasteiger partial charge in [0.2, 0.25) is 0 Å². The lowest BCUT2D eigenvalue weighted by atomic mass is 10.2. The van der Waals surface area contributed by atoms with E-state index in [2.05, 4.69) is 15.9 Å². The van der Waals surface area contributed by atoms with Gasteiger partial charge < -0.3 is 4.74 Å². The molecule has 7 heteroatoms. The van der Waals surface area contributed by atoms with Gasteiger partial charge in [0.05, 0.1) is 23.1 Å². The van der Waals surface area contributed by atoms with Gasteiger partial charge in [0.25, 0.3) is 11.1 Å². The van der Waals surface area contributed by atoms with Gasteiger partial charge in [-0.1, -0.05) is 45.7 Å². The van der Waals surface area contributed by atoms with Crippen molar-refractivity contribution in [1.29, 1.82) is 0 Å². The molecule has 26 heavy (non-hydrogen) atoms. The Kier molecular flexibility index (Phi) is 6.06. The molecular weight excluding hydrogens is 438 g/mol. The van der Waals surface area contributed by atoms with Crippen LogP contribution in [0.1, 0.15) is 18.1 Å². The first kappa shape index (κ1) is 19.0. The van der Waals surface area contributed by atoms with Crippen molar-refractivity contribution in [2.45, 2.75) is 13.5 Å². The number of halogens is 2. The molecule has 0 aliphatic carbocycles. The number of carbonyl (C=O) groups excluding carboxylic acids is 2. The van der Waals surface area contributed by atoms with Crippen LogP contribution in [0.3, 0.4) is 0 Å². The zero-order valence-corrected chi connectivity index (χ0v) is 17.0. The molecule has 0 bridgehead atoms. The van der Waals surface area contributed by atoms with E-state index in [1.807, 2.05) is 31.2 Å². The highest BCUT2D eigenvalue weighted by Gasteiger charge is 2.34. The molecule has 0 radical (unpaired) electrons. The summed E-state index contributed by atoms with van der Waals surface area (Å²) in [5, 5.41) is 0.191. The first-order valence-electron chi connectivity index (χ1n) is 7.90. The van der Waals surface area contributed by atoms with Crippen LogP contribution in [0.5, 0.6) is 5.75 Å². The lowest BCUT2D eigenvalue weighted by Gasteiger charge is -2.12. The van der Waals surface area contributed by atoms with Crippen LogP contribution in [-0.4, -0.2) is 22.7 Å². The number of hydrogen-bond acceptors (Lipinski definition) is 4. The third-order valence-electron chi connectivity index (χ3n) is 3.68. The van der Waals surface area contributed by atoms with Gasteiger partial charge in [-0.2, -0.15) is 0 Å². The van der Waals surface area contributed by atoms with Crippen molar-refractivity contribution in [1.82, 2.24) is 4.90 Å². The second-order valence-electron chi connectivity index (χ2n) is 5.52. The number of carbonyl (C=O) groups is 2. The van der Waals surface area contributed by atoms with Gasteiger partial charge in [0, 0.05) is 4.47 Å². The molecule has 1 aliphatic rings. The van der Waals surface area contributed by atoms with Gasteiger partial charge in [0.1, 0.15) is 5.75 Å². The largest absolute Gasteiger partial charge is 0.492 e. The Hall–Kier alpha value is -1.76. The van der Waals surface area contributed by atoms with Crippen molar-refractivity contribution in [3.05, 3.63) is 68.0 Å². The molecule has 1 aliphatic heterocycles. The summed E-state index contributed by atoms with van der Waals surface area (Å²) in [7, 11) is 0. The fraction of sp³-hybridized carbons (Fsp3) is 0.158. The average Bonchev–Trinajstić information content (AvgIpc) is 2.87.